The molecule has 10 heteroatoms. The minimum Gasteiger partial charge on any atom is -0.423 e. The van der Waals surface area contributed by atoms with Crippen molar-refractivity contribution in [3.05, 3.63) is 23.0 Å². The molecule has 0 aliphatic heterocycles. The predicted molar refractivity (Wildman–Crippen MR) is 62.1 cm³/mol. The Morgan fingerprint density at radius 1 is 1.53 bits per heavy atom. The van der Waals surface area contributed by atoms with Crippen LogP contribution < -0.4 is 10.8 Å². The lowest BCUT2D eigenvalue weighted by atomic mass is 9.81. The van der Waals surface area contributed by atoms with Gasteiger partial charge < -0.3 is 15.4 Å². The van der Waals surface area contributed by atoms with Crippen LogP contribution in [-0.2, 0) is 0 Å². The van der Waals surface area contributed by atoms with Crippen LogP contribution in [-0.4, -0.2) is 40.3 Å². The van der Waals surface area contributed by atoms with Crippen LogP contribution >= 0.6 is 11.6 Å². The van der Waals surface area contributed by atoms with Gasteiger partial charge in [0.15, 0.2) is 0 Å². The van der Waals surface area contributed by atoms with Gasteiger partial charge in [-0.25, -0.2) is 4.98 Å². The zero-order valence-corrected chi connectivity index (χ0v) is 10.3. The number of carbonyl (C=O) groups is 1. The molecule has 1 heterocycles. The van der Waals surface area contributed by atoms with Gasteiger partial charge in [-0.1, -0.05) is 11.6 Å². The fourth-order valence-electron chi connectivity index (χ4n) is 1.11. The summed E-state index contributed by atoms with van der Waals surface area (Å²) in [5.74, 6) is -1.10. The number of carbonyl (C=O) groups excluding carboxylic acids is 1. The number of alkyl halides is 3. The van der Waals surface area contributed by atoms with Crippen molar-refractivity contribution in [1.82, 2.24) is 10.3 Å². The van der Waals surface area contributed by atoms with E-state index >= 15 is 0 Å². The van der Waals surface area contributed by atoms with E-state index in [9.17, 15) is 18.0 Å². The number of halogens is 4. The van der Waals surface area contributed by atoms with Crippen molar-refractivity contribution in [3.8, 4) is 0 Å². The number of rotatable bonds is 3. The molecule has 0 unspecified atom stereocenters. The normalized spacial score (nSPS) is 13.0. The quantitative estimate of drug-likeness (QED) is 0.691. The van der Waals surface area contributed by atoms with Gasteiger partial charge in [0.25, 0.3) is 5.91 Å². The molecule has 0 aliphatic rings. The summed E-state index contributed by atoms with van der Waals surface area (Å²) in [6.45, 7) is 0.775. The lowest BCUT2D eigenvalue weighted by molar-refractivity contribution is -0.149. The van der Waals surface area contributed by atoms with E-state index in [-0.39, 0.29) is 10.5 Å². The van der Waals surface area contributed by atoms with E-state index in [1.165, 1.54) is 0 Å². The Bertz CT molecular complexity index is 484. The van der Waals surface area contributed by atoms with Gasteiger partial charge in [0, 0.05) is 11.7 Å². The highest BCUT2D eigenvalue weighted by Gasteiger charge is 2.37. The Kier molecular flexibility index (Phi) is 4.78. The largest absolute Gasteiger partial charge is 0.490 e. The van der Waals surface area contributed by atoms with Gasteiger partial charge in [0.05, 0.1) is 5.02 Å². The Hall–Kier alpha value is -1.32. The molecule has 5 nitrogen and oxygen atoms in total. The third-order valence-electron chi connectivity index (χ3n) is 2.21. The molecule has 0 fully saturated rings. The summed E-state index contributed by atoms with van der Waals surface area (Å²) in [4.78, 5) is 15.0. The number of pyridine rings is 1. The van der Waals surface area contributed by atoms with Gasteiger partial charge in [-0.15, -0.1) is 0 Å². The van der Waals surface area contributed by atoms with E-state index in [0.717, 1.165) is 19.2 Å². The van der Waals surface area contributed by atoms with Crippen molar-refractivity contribution in [3.63, 3.8) is 0 Å². The summed E-state index contributed by atoms with van der Waals surface area (Å²) >= 11 is 5.64. The molecule has 0 saturated heterocycles. The first-order valence-corrected chi connectivity index (χ1v) is 5.40. The molecule has 3 N–H and O–H groups in total. The summed E-state index contributed by atoms with van der Waals surface area (Å²) in [5, 5.41) is 19.1. The highest BCUT2D eigenvalue weighted by atomic mass is 35.5. The fraction of sp³-hybridized carbons (Fsp3) is 0.333. The van der Waals surface area contributed by atoms with Crippen molar-refractivity contribution >= 4 is 30.1 Å². The first-order chi connectivity index (χ1) is 8.62. The molecule has 1 atom stereocenters. The number of hydrogen-bond donors (Lipinski definition) is 3. The van der Waals surface area contributed by atoms with E-state index < -0.39 is 30.9 Å². The van der Waals surface area contributed by atoms with E-state index in [1.807, 2.05) is 0 Å². The van der Waals surface area contributed by atoms with E-state index in [1.54, 1.807) is 5.32 Å². The zero-order valence-electron chi connectivity index (χ0n) is 9.57. The molecule has 1 aromatic rings. The van der Waals surface area contributed by atoms with Crippen LogP contribution in [0.25, 0.3) is 0 Å². The second kappa shape index (κ2) is 5.76. The Morgan fingerprint density at radius 2 is 2.11 bits per heavy atom. The minimum absolute atomic E-state index is 0.0783. The van der Waals surface area contributed by atoms with Crippen molar-refractivity contribution in [2.24, 2.45) is 0 Å². The lowest BCUT2D eigenvalue weighted by Crippen LogP contribution is -2.43. The maximum Gasteiger partial charge on any atom is 0.490 e. The summed E-state index contributed by atoms with van der Waals surface area (Å²) in [7, 11) is -1.84. The van der Waals surface area contributed by atoms with Gasteiger partial charge in [0.2, 0.25) is 0 Å². The molecule has 1 rings (SSSR count). The average molecular weight is 296 g/mol. The monoisotopic (exact) mass is 296 g/mol. The van der Waals surface area contributed by atoms with Crippen LogP contribution in [0.3, 0.4) is 0 Å². The maximum atomic E-state index is 12.3. The Labute approximate surface area is 111 Å². The molecule has 0 radical (unpaired) electrons. The molecule has 0 bridgehead atoms. The Balaban J connectivity index is 2.89. The molecule has 0 saturated carbocycles. The topological polar surface area (TPSA) is 82.5 Å². The van der Waals surface area contributed by atoms with Gasteiger partial charge in [-0.3, -0.25) is 4.79 Å². The predicted octanol–water partition coefficient (Wildman–Crippen LogP) is 0.0954. The second-order valence-corrected chi connectivity index (χ2v) is 4.12. The van der Waals surface area contributed by atoms with E-state index in [4.69, 9.17) is 21.6 Å². The zero-order chi connectivity index (χ0) is 14.8. The van der Waals surface area contributed by atoms with Crippen LogP contribution in [0.5, 0.6) is 0 Å². The molecule has 104 valence electrons. The van der Waals surface area contributed by atoms with Crippen molar-refractivity contribution in [1.29, 1.82) is 0 Å². The molecule has 19 heavy (non-hydrogen) atoms. The SMILES string of the molecule is C[C@H](NC(=O)c1ncc(B(O)O)cc1Cl)C(F)(F)F. The van der Waals surface area contributed by atoms with E-state index in [2.05, 4.69) is 4.98 Å². The van der Waals surface area contributed by atoms with Crippen LogP contribution in [0.2, 0.25) is 5.02 Å². The lowest BCUT2D eigenvalue weighted by Gasteiger charge is -2.17. The number of amides is 1. The van der Waals surface area contributed by atoms with Gasteiger partial charge in [-0.2, -0.15) is 13.2 Å². The number of hydrogen-bond acceptors (Lipinski definition) is 4. The van der Waals surface area contributed by atoms with Crippen molar-refractivity contribution in [2.45, 2.75) is 19.1 Å². The molecule has 1 amide bonds. The van der Waals surface area contributed by atoms with Crippen LogP contribution in [0.1, 0.15) is 17.4 Å². The minimum atomic E-state index is -4.58. The number of aromatic nitrogens is 1. The van der Waals surface area contributed by atoms with Gasteiger partial charge >= 0.3 is 13.3 Å². The Morgan fingerprint density at radius 3 is 2.53 bits per heavy atom. The molecular formula is C9H9BClF3N2O3. The molecular weight excluding hydrogens is 287 g/mol. The fourth-order valence-corrected chi connectivity index (χ4v) is 1.37. The third kappa shape index (κ3) is 4.08. The summed E-state index contributed by atoms with van der Waals surface area (Å²) in [6, 6.07) is -1.02. The van der Waals surface area contributed by atoms with Crippen LogP contribution in [0.4, 0.5) is 13.2 Å². The molecule has 0 aromatic carbocycles. The summed E-state index contributed by atoms with van der Waals surface area (Å²) in [6.07, 6.45) is -3.65. The number of nitrogens with zero attached hydrogens (tertiary/aromatic N) is 1. The molecule has 1 aromatic heterocycles. The smallest absolute Gasteiger partial charge is 0.423 e. The van der Waals surface area contributed by atoms with Gasteiger partial charge in [-0.05, 0) is 13.0 Å². The number of nitrogens with one attached hydrogen (secondary N) is 1. The highest BCUT2D eigenvalue weighted by molar-refractivity contribution is 6.59. The first kappa shape index (κ1) is 15.7. The molecule has 0 aliphatic carbocycles. The highest BCUT2D eigenvalue weighted by Crippen LogP contribution is 2.20. The first-order valence-electron chi connectivity index (χ1n) is 5.02. The standard InChI is InChI=1S/C9H9BClF3N2O3/c1-4(9(12,13)14)16-8(17)7-6(11)2-5(3-15-7)10(18)19/h2-4,18-19H,1H3,(H,16,17)/t4-/m0/s1. The summed E-state index contributed by atoms with van der Waals surface area (Å²) in [5.41, 5.74) is -0.507. The average Bonchev–Trinajstić information content (AvgIpc) is 2.26. The van der Waals surface area contributed by atoms with Crippen LogP contribution in [0, 0.1) is 0 Å². The van der Waals surface area contributed by atoms with Crippen molar-refractivity contribution < 1.29 is 28.0 Å². The second-order valence-electron chi connectivity index (χ2n) is 3.71. The van der Waals surface area contributed by atoms with Crippen LogP contribution in [0.15, 0.2) is 12.3 Å². The maximum absolute atomic E-state index is 12.3. The van der Waals surface area contributed by atoms with Gasteiger partial charge in [0.1, 0.15) is 11.7 Å². The van der Waals surface area contributed by atoms with E-state index in [0.29, 0.717) is 0 Å². The van der Waals surface area contributed by atoms with Crippen molar-refractivity contribution in [2.75, 3.05) is 0 Å². The molecule has 0 spiro atoms. The third-order valence-corrected chi connectivity index (χ3v) is 2.50. The summed E-state index contributed by atoms with van der Waals surface area (Å²) < 4.78 is 36.8.